The van der Waals surface area contributed by atoms with E-state index in [9.17, 15) is 14.4 Å². The Morgan fingerprint density at radius 1 is 0.939 bits per heavy atom. The second-order valence-electron chi connectivity index (χ2n) is 6.89. The normalized spacial score (nSPS) is 12.4. The maximum Gasteiger partial charge on any atom is 0.329 e. The van der Waals surface area contributed by atoms with Gasteiger partial charge in [0.05, 0.1) is 26.3 Å². The average molecular weight is 456 g/mol. The predicted octanol–water partition coefficient (Wildman–Crippen LogP) is 1.93. The molecule has 11 heteroatoms. The molecule has 2 aromatic carbocycles. The van der Waals surface area contributed by atoms with Crippen molar-refractivity contribution >= 4 is 34.8 Å². The molecule has 1 aliphatic rings. The molecule has 33 heavy (non-hydrogen) atoms. The number of anilines is 2. The van der Waals surface area contributed by atoms with Gasteiger partial charge in [-0.1, -0.05) is 0 Å². The summed E-state index contributed by atoms with van der Waals surface area (Å²) in [4.78, 5) is 36.5. The quantitative estimate of drug-likeness (QED) is 0.329. The first-order valence-corrected chi connectivity index (χ1v) is 9.95. The van der Waals surface area contributed by atoms with Crippen LogP contribution in [0.1, 0.15) is 13.3 Å². The number of nitrogens with zero attached hydrogens (tertiary/aromatic N) is 1. The van der Waals surface area contributed by atoms with Crippen molar-refractivity contribution in [2.75, 3.05) is 38.1 Å². The fourth-order valence-corrected chi connectivity index (χ4v) is 2.88. The Kier molecular flexibility index (Phi) is 7.68. The van der Waals surface area contributed by atoms with E-state index in [0.29, 0.717) is 47.6 Å². The third-order valence-electron chi connectivity index (χ3n) is 4.45. The summed E-state index contributed by atoms with van der Waals surface area (Å²) in [5.41, 5.74) is 3.25. The van der Waals surface area contributed by atoms with Gasteiger partial charge in [-0.15, -0.1) is 0 Å². The predicted molar refractivity (Wildman–Crippen MR) is 120 cm³/mol. The molecule has 0 atom stereocenters. The van der Waals surface area contributed by atoms with Gasteiger partial charge in [-0.25, -0.2) is 5.43 Å². The molecule has 174 valence electrons. The van der Waals surface area contributed by atoms with E-state index in [2.05, 4.69) is 21.2 Å². The fraction of sp³-hybridized carbons (Fsp3) is 0.273. The Labute approximate surface area is 190 Å². The van der Waals surface area contributed by atoms with Gasteiger partial charge in [-0.05, 0) is 31.2 Å². The Hall–Kier alpha value is -4.28. The van der Waals surface area contributed by atoms with Crippen LogP contribution in [0.25, 0.3) is 0 Å². The van der Waals surface area contributed by atoms with Crippen LogP contribution in [-0.2, 0) is 14.4 Å². The minimum atomic E-state index is -1.00. The number of amides is 3. The molecule has 1 aliphatic heterocycles. The number of ether oxygens (including phenoxy) is 4. The summed E-state index contributed by atoms with van der Waals surface area (Å²) in [6, 6.07) is 9.78. The molecular formula is C22H24N4O7. The summed E-state index contributed by atoms with van der Waals surface area (Å²) < 4.78 is 21.2. The number of hydrogen-bond acceptors (Lipinski definition) is 8. The smallest absolute Gasteiger partial charge is 0.329 e. The number of carbonyl (C=O) groups excluding carboxylic acids is 3. The van der Waals surface area contributed by atoms with Crippen LogP contribution in [-0.4, -0.2) is 50.9 Å². The third-order valence-corrected chi connectivity index (χ3v) is 4.45. The Morgan fingerprint density at radius 2 is 1.70 bits per heavy atom. The number of nitrogens with one attached hydrogen (secondary N) is 3. The lowest BCUT2D eigenvalue weighted by molar-refractivity contribution is -0.136. The van der Waals surface area contributed by atoms with Crippen LogP contribution in [0.4, 0.5) is 11.4 Å². The van der Waals surface area contributed by atoms with Crippen molar-refractivity contribution < 1.29 is 33.3 Å². The lowest BCUT2D eigenvalue weighted by Gasteiger charge is -2.19. The monoisotopic (exact) mass is 456 g/mol. The van der Waals surface area contributed by atoms with Gasteiger partial charge in [0, 0.05) is 23.5 Å². The van der Waals surface area contributed by atoms with Crippen LogP contribution < -0.4 is 35.0 Å². The van der Waals surface area contributed by atoms with E-state index in [-0.39, 0.29) is 18.0 Å². The van der Waals surface area contributed by atoms with Gasteiger partial charge in [-0.3, -0.25) is 14.4 Å². The number of carbonyl (C=O) groups is 3. The van der Waals surface area contributed by atoms with E-state index in [1.54, 1.807) is 43.3 Å². The highest BCUT2D eigenvalue weighted by Gasteiger charge is 2.17. The zero-order chi connectivity index (χ0) is 23.8. The molecule has 3 rings (SSSR count). The highest BCUT2D eigenvalue weighted by Crippen LogP contribution is 2.32. The van der Waals surface area contributed by atoms with Crippen molar-refractivity contribution in [3.8, 4) is 23.0 Å². The molecule has 0 bridgehead atoms. The molecule has 0 saturated carbocycles. The van der Waals surface area contributed by atoms with Gasteiger partial charge in [0.1, 0.15) is 24.7 Å². The summed E-state index contributed by atoms with van der Waals surface area (Å²) in [6.07, 6.45) is -0.0946. The van der Waals surface area contributed by atoms with E-state index < -0.39 is 11.8 Å². The Bertz CT molecular complexity index is 1080. The van der Waals surface area contributed by atoms with Gasteiger partial charge in [-0.2, -0.15) is 5.10 Å². The molecule has 3 amide bonds. The number of hydrazone groups is 1. The fourth-order valence-electron chi connectivity index (χ4n) is 2.88. The largest absolute Gasteiger partial charge is 0.497 e. The van der Waals surface area contributed by atoms with Crippen LogP contribution in [0.2, 0.25) is 0 Å². The van der Waals surface area contributed by atoms with Gasteiger partial charge in [0.2, 0.25) is 5.91 Å². The maximum absolute atomic E-state index is 12.3. The molecule has 0 fully saturated rings. The van der Waals surface area contributed by atoms with Crippen molar-refractivity contribution in [1.29, 1.82) is 0 Å². The molecule has 11 nitrogen and oxygen atoms in total. The van der Waals surface area contributed by atoms with Gasteiger partial charge >= 0.3 is 11.8 Å². The maximum atomic E-state index is 12.3. The summed E-state index contributed by atoms with van der Waals surface area (Å²) in [5.74, 6) is -0.277. The summed E-state index contributed by atoms with van der Waals surface area (Å²) in [6.45, 7) is 2.47. The minimum Gasteiger partial charge on any atom is -0.497 e. The second kappa shape index (κ2) is 10.8. The topological polar surface area (TPSA) is 137 Å². The van der Waals surface area contributed by atoms with Crippen LogP contribution >= 0.6 is 0 Å². The molecule has 1 heterocycles. The first-order chi connectivity index (χ1) is 15.9. The van der Waals surface area contributed by atoms with E-state index in [0.717, 1.165) is 0 Å². The first-order valence-electron chi connectivity index (χ1n) is 9.95. The molecule has 0 radical (unpaired) electrons. The van der Waals surface area contributed by atoms with Crippen molar-refractivity contribution in [2.45, 2.75) is 13.3 Å². The van der Waals surface area contributed by atoms with Crippen molar-refractivity contribution in [2.24, 2.45) is 5.10 Å². The molecule has 3 N–H and O–H groups in total. The van der Waals surface area contributed by atoms with Crippen LogP contribution in [0.3, 0.4) is 0 Å². The average Bonchev–Trinajstić information content (AvgIpc) is 2.82. The van der Waals surface area contributed by atoms with E-state index in [1.807, 2.05) is 0 Å². The van der Waals surface area contributed by atoms with E-state index in [1.165, 1.54) is 14.2 Å². The minimum absolute atomic E-state index is 0.0946. The SMILES string of the molecule is COc1ccc(NC(=O)C(=O)N/N=C(\C)CC(=O)Nc2ccc3c(c2)OCCO3)c(OC)c1. The molecule has 0 aromatic heterocycles. The second-order valence-corrected chi connectivity index (χ2v) is 6.89. The highest BCUT2D eigenvalue weighted by molar-refractivity contribution is 6.39. The molecule has 0 saturated heterocycles. The van der Waals surface area contributed by atoms with Crippen LogP contribution in [0.15, 0.2) is 41.5 Å². The van der Waals surface area contributed by atoms with Crippen molar-refractivity contribution in [3.63, 3.8) is 0 Å². The standard InChI is InChI=1S/C22H24N4O7/c1-13(10-20(27)23-14-4-7-17-19(11-14)33-9-8-32-17)25-26-22(29)21(28)24-16-6-5-15(30-2)12-18(16)31-3/h4-7,11-12H,8-10H2,1-3H3,(H,23,27)(H,24,28)(H,26,29)/b25-13+. The number of fused-ring (bicyclic) bond motifs is 1. The van der Waals surface area contributed by atoms with Gasteiger partial charge < -0.3 is 29.6 Å². The first kappa shape index (κ1) is 23.4. The number of hydrogen-bond donors (Lipinski definition) is 3. The number of rotatable bonds is 7. The Balaban J connectivity index is 1.51. The van der Waals surface area contributed by atoms with Crippen LogP contribution in [0, 0.1) is 0 Å². The third kappa shape index (κ3) is 6.35. The Morgan fingerprint density at radius 3 is 2.42 bits per heavy atom. The van der Waals surface area contributed by atoms with Crippen molar-refractivity contribution in [1.82, 2.24) is 5.43 Å². The molecule has 0 unspecified atom stereocenters. The van der Waals surface area contributed by atoms with E-state index >= 15 is 0 Å². The zero-order valence-corrected chi connectivity index (χ0v) is 18.4. The molecule has 0 spiro atoms. The highest BCUT2D eigenvalue weighted by atomic mass is 16.6. The van der Waals surface area contributed by atoms with Gasteiger partial charge in [0.25, 0.3) is 0 Å². The van der Waals surface area contributed by atoms with Crippen molar-refractivity contribution in [3.05, 3.63) is 36.4 Å². The summed E-state index contributed by atoms with van der Waals surface area (Å²) in [5, 5.41) is 8.96. The number of benzene rings is 2. The lowest BCUT2D eigenvalue weighted by atomic mass is 10.2. The number of methoxy groups -OCH3 is 2. The zero-order valence-electron chi connectivity index (χ0n) is 18.4. The lowest BCUT2D eigenvalue weighted by Crippen LogP contribution is -2.33. The molecule has 0 aliphatic carbocycles. The summed E-state index contributed by atoms with van der Waals surface area (Å²) >= 11 is 0. The van der Waals surface area contributed by atoms with Gasteiger partial charge in [0.15, 0.2) is 11.5 Å². The molecular weight excluding hydrogens is 432 g/mol. The van der Waals surface area contributed by atoms with E-state index in [4.69, 9.17) is 18.9 Å². The molecule has 2 aromatic rings. The van der Waals surface area contributed by atoms with Crippen LogP contribution in [0.5, 0.6) is 23.0 Å². The summed E-state index contributed by atoms with van der Waals surface area (Å²) in [7, 11) is 2.92.